The van der Waals surface area contributed by atoms with Crippen LogP contribution in [0.5, 0.6) is 0 Å². The molecular weight excluding hydrogens is 335 g/mol. The van der Waals surface area contributed by atoms with Gasteiger partial charge >= 0.3 is 5.97 Å². The molecule has 0 amide bonds. The fraction of sp³-hybridized carbons (Fsp3) is 0.211. The number of aromatic nitrogens is 3. The summed E-state index contributed by atoms with van der Waals surface area (Å²) in [5.41, 5.74) is 3.70. The molecule has 1 aromatic carbocycles. The molecule has 26 heavy (non-hydrogen) atoms. The van der Waals surface area contributed by atoms with Gasteiger partial charge in [0.25, 0.3) is 0 Å². The van der Waals surface area contributed by atoms with Gasteiger partial charge in [0.2, 0.25) is 0 Å². The lowest BCUT2D eigenvalue weighted by Gasteiger charge is -2.26. The second-order valence-corrected chi connectivity index (χ2v) is 6.32. The van der Waals surface area contributed by atoms with Gasteiger partial charge in [-0.2, -0.15) is 5.10 Å². The van der Waals surface area contributed by atoms with E-state index in [1.807, 2.05) is 18.3 Å². The van der Waals surface area contributed by atoms with Gasteiger partial charge in [-0.1, -0.05) is 18.2 Å². The zero-order chi connectivity index (χ0) is 18.1. The zero-order valence-corrected chi connectivity index (χ0v) is 14.0. The third-order valence-electron chi connectivity index (χ3n) is 4.55. The molecule has 0 radical (unpaired) electrons. The Morgan fingerprint density at radius 2 is 2.04 bits per heavy atom. The van der Waals surface area contributed by atoms with Crippen LogP contribution in [0, 0.1) is 5.82 Å². The Morgan fingerprint density at radius 1 is 1.23 bits per heavy atom. The number of hydrogen-bond acceptors (Lipinski definition) is 4. The van der Waals surface area contributed by atoms with Gasteiger partial charge in [-0.25, -0.2) is 18.7 Å². The van der Waals surface area contributed by atoms with Crippen molar-refractivity contribution in [3.63, 3.8) is 0 Å². The molecule has 2 aromatic heterocycles. The highest BCUT2D eigenvalue weighted by Crippen LogP contribution is 2.23. The van der Waals surface area contributed by atoms with Crippen molar-refractivity contribution in [3.05, 3.63) is 71.4 Å². The first-order valence-corrected chi connectivity index (χ1v) is 8.33. The molecule has 132 valence electrons. The lowest BCUT2D eigenvalue weighted by molar-refractivity contribution is 0.0698. The number of carboxylic acid groups (broad SMARTS) is 1. The molecule has 3 aromatic rings. The van der Waals surface area contributed by atoms with E-state index in [2.05, 4.69) is 21.1 Å². The summed E-state index contributed by atoms with van der Waals surface area (Å²) in [5.74, 6) is -1.26. The van der Waals surface area contributed by atoms with Crippen LogP contribution in [0.3, 0.4) is 0 Å². The van der Waals surface area contributed by atoms with Gasteiger partial charge in [-0.3, -0.25) is 4.90 Å². The number of hydrogen-bond donors (Lipinski definition) is 1. The fourth-order valence-corrected chi connectivity index (χ4v) is 3.19. The van der Waals surface area contributed by atoms with E-state index in [9.17, 15) is 9.18 Å². The maximum atomic E-state index is 13.0. The second-order valence-electron chi connectivity index (χ2n) is 6.32. The molecule has 0 saturated carbocycles. The number of halogens is 1. The topological polar surface area (TPSA) is 70.7 Å². The van der Waals surface area contributed by atoms with Gasteiger partial charge < -0.3 is 5.11 Å². The molecule has 3 heterocycles. The maximum absolute atomic E-state index is 13.0. The van der Waals surface area contributed by atoms with Crippen molar-refractivity contribution in [2.75, 3.05) is 13.1 Å². The first-order chi connectivity index (χ1) is 12.6. The van der Waals surface area contributed by atoms with Crippen molar-refractivity contribution in [2.24, 2.45) is 0 Å². The van der Waals surface area contributed by atoms with E-state index in [0.717, 1.165) is 30.6 Å². The standard InChI is InChI=1S/C19H17FN4O2/c20-16-3-1-14(2-4-16)15-5-7-23(8-6-15)11-13-9-21-18-17(19(25)26)10-22-24(18)12-13/h1-5,9-10,12H,6-8,11H2,(H,25,26). The minimum absolute atomic E-state index is 0.0985. The summed E-state index contributed by atoms with van der Waals surface area (Å²) in [6.07, 6.45) is 7.88. The molecule has 0 unspecified atom stereocenters. The van der Waals surface area contributed by atoms with Crippen LogP contribution in [-0.4, -0.2) is 43.7 Å². The van der Waals surface area contributed by atoms with Gasteiger partial charge in [0.05, 0.1) is 6.20 Å². The Labute approximate surface area is 149 Å². The van der Waals surface area contributed by atoms with Crippen LogP contribution in [0.4, 0.5) is 4.39 Å². The Bertz CT molecular complexity index is 994. The van der Waals surface area contributed by atoms with Gasteiger partial charge in [0.15, 0.2) is 5.65 Å². The van der Waals surface area contributed by atoms with Crippen LogP contribution >= 0.6 is 0 Å². The van der Waals surface area contributed by atoms with Gasteiger partial charge in [-0.05, 0) is 29.7 Å². The van der Waals surface area contributed by atoms with E-state index in [0.29, 0.717) is 12.2 Å². The maximum Gasteiger partial charge on any atom is 0.341 e. The van der Waals surface area contributed by atoms with Crippen molar-refractivity contribution < 1.29 is 14.3 Å². The third kappa shape index (κ3) is 3.21. The number of rotatable bonds is 4. The number of aromatic carboxylic acids is 1. The highest BCUT2D eigenvalue weighted by molar-refractivity contribution is 5.94. The molecular formula is C19H17FN4O2. The summed E-state index contributed by atoms with van der Waals surface area (Å²) >= 11 is 0. The van der Waals surface area contributed by atoms with Crippen LogP contribution < -0.4 is 0 Å². The molecule has 6 nitrogen and oxygen atoms in total. The minimum atomic E-state index is -1.03. The van der Waals surface area contributed by atoms with Gasteiger partial charge in [-0.15, -0.1) is 0 Å². The summed E-state index contributed by atoms with van der Waals surface area (Å²) in [6, 6.07) is 6.59. The smallest absolute Gasteiger partial charge is 0.341 e. The van der Waals surface area contributed by atoms with Crippen LogP contribution in [-0.2, 0) is 6.54 Å². The highest BCUT2D eigenvalue weighted by atomic mass is 19.1. The summed E-state index contributed by atoms with van der Waals surface area (Å²) < 4.78 is 14.5. The van der Waals surface area contributed by atoms with E-state index in [-0.39, 0.29) is 11.4 Å². The summed E-state index contributed by atoms with van der Waals surface area (Å²) in [4.78, 5) is 17.6. The first-order valence-electron chi connectivity index (χ1n) is 8.33. The minimum Gasteiger partial charge on any atom is -0.477 e. The normalized spacial score (nSPS) is 15.2. The summed E-state index contributed by atoms with van der Waals surface area (Å²) in [7, 11) is 0. The first kappa shape index (κ1) is 16.4. The van der Waals surface area contributed by atoms with Gasteiger partial charge in [0.1, 0.15) is 11.4 Å². The number of carbonyl (C=O) groups is 1. The Kier molecular flexibility index (Phi) is 4.22. The predicted octanol–water partition coefficient (Wildman–Crippen LogP) is 2.86. The molecule has 0 aliphatic carbocycles. The molecule has 0 fully saturated rings. The van der Waals surface area contributed by atoms with Crippen molar-refractivity contribution in [1.82, 2.24) is 19.5 Å². The molecule has 0 bridgehead atoms. The zero-order valence-electron chi connectivity index (χ0n) is 14.0. The number of benzene rings is 1. The largest absolute Gasteiger partial charge is 0.477 e. The molecule has 7 heteroatoms. The van der Waals surface area contributed by atoms with Crippen LogP contribution in [0.2, 0.25) is 0 Å². The number of nitrogens with zero attached hydrogens (tertiary/aromatic N) is 4. The number of carboxylic acids is 1. The van der Waals surface area contributed by atoms with Crippen molar-refractivity contribution >= 4 is 17.2 Å². The molecule has 0 atom stereocenters. The Morgan fingerprint density at radius 3 is 2.73 bits per heavy atom. The summed E-state index contributed by atoms with van der Waals surface area (Å²) in [5, 5.41) is 13.2. The van der Waals surface area contributed by atoms with Crippen molar-refractivity contribution in [1.29, 1.82) is 0 Å². The summed E-state index contributed by atoms with van der Waals surface area (Å²) in [6.45, 7) is 2.39. The van der Waals surface area contributed by atoms with E-state index < -0.39 is 5.97 Å². The van der Waals surface area contributed by atoms with Crippen LogP contribution in [0.1, 0.15) is 27.9 Å². The van der Waals surface area contributed by atoms with Crippen LogP contribution in [0.25, 0.3) is 11.2 Å². The fourth-order valence-electron chi connectivity index (χ4n) is 3.19. The predicted molar refractivity (Wildman–Crippen MR) is 94.2 cm³/mol. The average molecular weight is 352 g/mol. The SMILES string of the molecule is O=C(O)c1cnn2cc(CN3CC=C(c4ccc(F)cc4)CC3)cnc12. The van der Waals surface area contributed by atoms with E-state index in [1.165, 1.54) is 28.4 Å². The van der Waals surface area contributed by atoms with E-state index in [1.54, 1.807) is 6.20 Å². The lowest BCUT2D eigenvalue weighted by Crippen LogP contribution is -2.28. The average Bonchev–Trinajstić information content (AvgIpc) is 3.07. The van der Waals surface area contributed by atoms with E-state index >= 15 is 0 Å². The van der Waals surface area contributed by atoms with Gasteiger partial charge in [0, 0.05) is 37.6 Å². The monoisotopic (exact) mass is 352 g/mol. The molecule has 0 spiro atoms. The quantitative estimate of drug-likeness (QED) is 0.782. The Balaban J connectivity index is 1.46. The van der Waals surface area contributed by atoms with Crippen molar-refractivity contribution in [2.45, 2.75) is 13.0 Å². The van der Waals surface area contributed by atoms with Crippen LogP contribution in [0.15, 0.2) is 48.9 Å². The molecule has 4 rings (SSSR count). The molecule has 1 aliphatic heterocycles. The third-order valence-corrected chi connectivity index (χ3v) is 4.55. The van der Waals surface area contributed by atoms with Crippen molar-refractivity contribution in [3.8, 4) is 0 Å². The lowest BCUT2D eigenvalue weighted by atomic mass is 9.99. The second kappa shape index (κ2) is 6.68. The van der Waals surface area contributed by atoms with E-state index in [4.69, 9.17) is 5.11 Å². The molecule has 1 aliphatic rings. The highest BCUT2D eigenvalue weighted by Gasteiger charge is 2.16. The number of fused-ring (bicyclic) bond motifs is 1. The molecule has 0 saturated heterocycles. The Hall–Kier alpha value is -3.06. The molecule has 1 N–H and O–H groups in total.